The normalized spacial score (nSPS) is 11.9. The summed E-state index contributed by atoms with van der Waals surface area (Å²) in [7, 11) is 0. The fraction of sp³-hybridized carbons (Fsp3) is 0.333. The standard InChI is InChI=1S/C9H13N7O/c1-7-11-2-3-15(7)4-5-16-6-12-9(13-16)8(10)14-17/h2-3,6,17H,4-5H2,1H3,(H2,10,14). The number of aromatic nitrogens is 5. The monoisotopic (exact) mass is 235 g/mol. The number of amidine groups is 1. The minimum Gasteiger partial charge on any atom is -0.409 e. The molecule has 0 bridgehead atoms. The molecular formula is C9H13N7O. The van der Waals surface area contributed by atoms with E-state index in [4.69, 9.17) is 10.9 Å². The van der Waals surface area contributed by atoms with Gasteiger partial charge in [0.1, 0.15) is 12.2 Å². The van der Waals surface area contributed by atoms with E-state index in [9.17, 15) is 0 Å². The van der Waals surface area contributed by atoms with E-state index >= 15 is 0 Å². The van der Waals surface area contributed by atoms with Crippen LogP contribution in [0, 0.1) is 6.92 Å². The first-order valence-electron chi connectivity index (χ1n) is 5.06. The molecule has 0 fully saturated rings. The van der Waals surface area contributed by atoms with Crippen molar-refractivity contribution < 1.29 is 5.21 Å². The average Bonchev–Trinajstić information content (AvgIpc) is 2.94. The number of imidazole rings is 1. The summed E-state index contributed by atoms with van der Waals surface area (Å²) in [5.41, 5.74) is 5.37. The highest BCUT2D eigenvalue weighted by Gasteiger charge is 2.05. The first-order chi connectivity index (χ1) is 8.20. The third-order valence-electron chi connectivity index (χ3n) is 2.37. The molecular weight excluding hydrogens is 222 g/mol. The SMILES string of the molecule is Cc1nccn1CCn1cnc(C(N)=NO)n1. The molecule has 0 unspecified atom stereocenters. The molecule has 0 spiro atoms. The predicted molar refractivity (Wildman–Crippen MR) is 59.5 cm³/mol. The Hall–Kier alpha value is -2.38. The van der Waals surface area contributed by atoms with Crippen molar-refractivity contribution in [3.8, 4) is 0 Å². The van der Waals surface area contributed by atoms with Crippen molar-refractivity contribution in [1.29, 1.82) is 0 Å². The van der Waals surface area contributed by atoms with Crippen LogP contribution in [0.2, 0.25) is 0 Å². The average molecular weight is 235 g/mol. The van der Waals surface area contributed by atoms with Crippen molar-refractivity contribution in [3.63, 3.8) is 0 Å². The summed E-state index contributed by atoms with van der Waals surface area (Å²) >= 11 is 0. The second-order valence-corrected chi connectivity index (χ2v) is 3.48. The second kappa shape index (κ2) is 4.64. The van der Waals surface area contributed by atoms with E-state index in [1.54, 1.807) is 17.2 Å². The Balaban J connectivity index is 2.01. The number of hydrogen-bond acceptors (Lipinski definition) is 5. The molecule has 2 heterocycles. The summed E-state index contributed by atoms with van der Waals surface area (Å²) in [6.45, 7) is 3.32. The van der Waals surface area contributed by atoms with Crippen LogP contribution in [0.15, 0.2) is 23.9 Å². The number of hydrogen-bond donors (Lipinski definition) is 2. The predicted octanol–water partition coefficient (Wildman–Crippen LogP) is -0.422. The molecule has 90 valence electrons. The van der Waals surface area contributed by atoms with E-state index in [1.807, 2.05) is 17.7 Å². The van der Waals surface area contributed by atoms with Gasteiger partial charge in [-0.2, -0.15) is 0 Å². The number of aryl methyl sites for hydroxylation is 3. The second-order valence-electron chi connectivity index (χ2n) is 3.48. The van der Waals surface area contributed by atoms with E-state index in [0.29, 0.717) is 6.54 Å². The van der Waals surface area contributed by atoms with Gasteiger partial charge in [0.05, 0.1) is 6.54 Å². The van der Waals surface area contributed by atoms with E-state index < -0.39 is 0 Å². The van der Waals surface area contributed by atoms with Gasteiger partial charge in [0.15, 0.2) is 0 Å². The molecule has 0 aliphatic heterocycles. The van der Waals surface area contributed by atoms with Gasteiger partial charge in [-0.3, -0.25) is 4.68 Å². The van der Waals surface area contributed by atoms with Gasteiger partial charge in [-0.05, 0) is 6.92 Å². The summed E-state index contributed by atoms with van der Waals surface area (Å²) in [6, 6.07) is 0. The fourth-order valence-corrected chi connectivity index (χ4v) is 1.41. The third kappa shape index (κ3) is 2.41. The molecule has 17 heavy (non-hydrogen) atoms. The van der Waals surface area contributed by atoms with Crippen LogP contribution in [-0.2, 0) is 13.1 Å². The highest BCUT2D eigenvalue weighted by molar-refractivity contribution is 5.93. The Morgan fingerprint density at radius 3 is 2.94 bits per heavy atom. The molecule has 8 nitrogen and oxygen atoms in total. The zero-order valence-corrected chi connectivity index (χ0v) is 9.35. The van der Waals surface area contributed by atoms with Crippen LogP contribution in [0.1, 0.15) is 11.6 Å². The van der Waals surface area contributed by atoms with Gasteiger partial charge in [0, 0.05) is 18.9 Å². The summed E-state index contributed by atoms with van der Waals surface area (Å²) in [6.07, 6.45) is 5.19. The van der Waals surface area contributed by atoms with Crippen LogP contribution in [0.25, 0.3) is 0 Å². The highest BCUT2D eigenvalue weighted by atomic mass is 16.4. The third-order valence-corrected chi connectivity index (χ3v) is 2.37. The summed E-state index contributed by atoms with van der Waals surface area (Å²) in [5.74, 6) is 1.07. The first-order valence-corrected chi connectivity index (χ1v) is 5.06. The van der Waals surface area contributed by atoms with Gasteiger partial charge in [0.25, 0.3) is 0 Å². The molecule has 0 amide bonds. The van der Waals surface area contributed by atoms with Crippen molar-refractivity contribution in [1.82, 2.24) is 24.3 Å². The summed E-state index contributed by atoms with van der Waals surface area (Å²) < 4.78 is 3.64. The van der Waals surface area contributed by atoms with E-state index in [-0.39, 0.29) is 11.7 Å². The first kappa shape index (κ1) is 11.1. The quantitative estimate of drug-likeness (QED) is 0.324. The van der Waals surface area contributed by atoms with Gasteiger partial charge in [-0.1, -0.05) is 5.16 Å². The van der Waals surface area contributed by atoms with Gasteiger partial charge >= 0.3 is 0 Å². The molecule has 0 saturated carbocycles. The van der Waals surface area contributed by atoms with E-state index in [0.717, 1.165) is 12.4 Å². The zero-order chi connectivity index (χ0) is 12.3. The summed E-state index contributed by atoms with van der Waals surface area (Å²) in [5, 5.41) is 15.4. The number of nitrogens with two attached hydrogens (primary N) is 1. The lowest BCUT2D eigenvalue weighted by Crippen LogP contribution is -2.16. The molecule has 0 atom stereocenters. The largest absolute Gasteiger partial charge is 0.409 e. The van der Waals surface area contributed by atoms with Crippen LogP contribution in [0.3, 0.4) is 0 Å². The van der Waals surface area contributed by atoms with Gasteiger partial charge in [0.2, 0.25) is 11.7 Å². The summed E-state index contributed by atoms with van der Waals surface area (Å²) in [4.78, 5) is 8.04. The van der Waals surface area contributed by atoms with Crippen LogP contribution in [0.4, 0.5) is 0 Å². The maximum absolute atomic E-state index is 8.48. The Bertz CT molecular complexity index is 527. The molecule has 2 aromatic heterocycles. The lowest BCUT2D eigenvalue weighted by Gasteiger charge is -2.04. The van der Waals surface area contributed by atoms with Crippen LogP contribution < -0.4 is 5.73 Å². The maximum Gasteiger partial charge on any atom is 0.219 e. The highest BCUT2D eigenvalue weighted by Crippen LogP contribution is 1.97. The van der Waals surface area contributed by atoms with Crippen molar-refractivity contribution in [2.45, 2.75) is 20.0 Å². The van der Waals surface area contributed by atoms with Crippen molar-refractivity contribution in [3.05, 3.63) is 30.4 Å². The molecule has 0 aromatic carbocycles. The van der Waals surface area contributed by atoms with Gasteiger partial charge in [-0.25, -0.2) is 9.97 Å². The molecule has 0 aliphatic rings. The smallest absolute Gasteiger partial charge is 0.219 e. The Morgan fingerprint density at radius 2 is 2.29 bits per heavy atom. The molecule has 8 heteroatoms. The molecule has 0 aliphatic carbocycles. The van der Waals surface area contributed by atoms with Crippen LogP contribution in [-0.4, -0.2) is 35.4 Å². The molecule has 0 radical (unpaired) electrons. The van der Waals surface area contributed by atoms with Gasteiger partial charge in [-0.15, -0.1) is 5.10 Å². The fourth-order valence-electron chi connectivity index (χ4n) is 1.41. The van der Waals surface area contributed by atoms with Gasteiger partial charge < -0.3 is 15.5 Å². The Labute approximate surface area is 97.4 Å². The Kier molecular flexibility index (Phi) is 3.03. The minimum atomic E-state index is -0.0949. The van der Waals surface area contributed by atoms with Crippen molar-refractivity contribution in [2.75, 3.05) is 0 Å². The molecule has 2 aromatic rings. The maximum atomic E-state index is 8.48. The van der Waals surface area contributed by atoms with E-state index in [1.165, 1.54) is 0 Å². The van der Waals surface area contributed by atoms with Crippen molar-refractivity contribution in [2.24, 2.45) is 10.9 Å². The number of nitrogens with zero attached hydrogens (tertiary/aromatic N) is 6. The molecule has 0 saturated heterocycles. The van der Waals surface area contributed by atoms with E-state index in [2.05, 4.69) is 20.2 Å². The zero-order valence-electron chi connectivity index (χ0n) is 9.35. The topological polar surface area (TPSA) is 107 Å². The number of oxime groups is 1. The van der Waals surface area contributed by atoms with Crippen LogP contribution >= 0.6 is 0 Å². The molecule has 3 N–H and O–H groups in total. The van der Waals surface area contributed by atoms with Crippen LogP contribution in [0.5, 0.6) is 0 Å². The lowest BCUT2D eigenvalue weighted by molar-refractivity contribution is 0.318. The molecule has 2 rings (SSSR count). The van der Waals surface area contributed by atoms with Crippen molar-refractivity contribution >= 4 is 5.84 Å². The minimum absolute atomic E-state index is 0.0949. The Morgan fingerprint density at radius 1 is 1.47 bits per heavy atom. The number of rotatable bonds is 4. The lowest BCUT2D eigenvalue weighted by atomic mass is 10.5.